The van der Waals surface area contributed by atoms with Gasteiger partial charge in [-0.3, -0.25) is 0 Å². The normalized spacial score (nSPS) is 11.0. The summed E-state index contributed by atoms with van der Waals surface area (Å²) in [4.78, 5) is 0. The van der Waals surface area contributed by atoms with Gasteiger partial charge in [-0.1, -0.05) is 50.6 Å². The van der Waals surface area contributed by atoms with Gasteiger partial charge in [0.15, 0.2) is 0 Å². The van der Waals surface area contributed by atoms with E-state index in [2.05, 4.69) is 84.0 Å². The average Bonchev–Trinajstić information content (AvgIpc) is 3.18. The summed E-state index contributed by atoms with van der Waals surface area (Å²) in [5.41, 5.74) is 4.72. The Morgan fingerprint density at radius 2 is 0.741 bits per heavy atom. The Hall–Kier alpha value is -3.52. The second kappa shape index (κ2) is 6.65. The van der Waals surface area contributed by atoms with Crippen LogP contribution in [-0.4, -0.2) is 9.13 Å². The van der Waals surface area contributed by atoms with Crippen LogP contribution in [0.4, 0.5) is 0 Å². The lowest BCUT2D eigenvalue weighted by molar-refractivity contribution is 0.994. The van der Waals surface area contributed by atoms with E-state index in [0.717, 1.165) is 39.2 Å². The molecule has 0 bridgehead atoms. The zero-order valence-corrected chi connectivity index (χ0v) is 15.4. The number of aromatic nitrogens is 2. The van der Waals surface area contributed by atoms with Crippen LogP contribution in [0.15, 0.2) is 72.8 Å². The van der Waals surface area contributed by atoms with E-state index in [-0.39, 0.29) is 0 Å². The summed E-state index contributed by atoms with van der Waals surface area (Å²) < 4.78 is 4.12. The monoisotopic (exact) mass is 350 g/mol. The van der Waals surface area contributed by atoms with Gasteiger partial charge in [-0.05, 0) is 66.1 Å². The molecule has 0 radical (unpaired) electrons. The summed E-state index contributed by atoms with van der Waals surface area (Å²) in [5, 5.41) is 3.79. The van der Waals surface area contributed by atoms with Crippen LogP contribution in [0.3, 0.4) is 0 Å². The molecule has 132 valence electrons. The first-order chi connectivity index (χ1) is 13.0. The molecule has 4 aromatic rings. The molecule has 0 aliphatic rings. The van der Waals surface area contributed by atoms with Crippen LogP contribution in [0, 0.1) is 0 Å². The Kier molecular flexibility index (Phi) is 4.17. The van der Waals surface area contributed by atoms with Crippen molar-refractivity contribution in [1.82, 2.24) is 9.13 Å². The zero-order chi connectivity index (χ0) is 19.0. The SMILES string of the molecule is C=c1ccc(=C)n1-c1ccc(Cc2ccc(-n3c(=C)ccc3=C)cc2)cc1. The van der Waals surface area contributed by atoms with Crippen LogP contribution in [-0.2, 0) is 6.42 Å². The molecular weight excluding hydrogens is 328 g/mol. The van der Waals surface area contributed by atoms with Crippen LogP contribution < -0.4 is 21.4 Å². The molecule has 0 atom stereocenters. The van der Waals surface area contributed by atoms with Crippen LogP contribution >= 0.6 is 0 Å². The maximum atomic E-state index is 4.06. The summed E-state index contributed by atoms with van der Waals surface area (Å²) in [6.07, 6.45) is 0.890. The summed E-state index contributed by atoms with van der Waals surface area (Å²) in [7, 11) is 0. The number of hydrogen-bond acceptors (Lipinski definition) is 0. The third-order valence-corrected chi connectivity index (χ3v) is 4.88. The molecule has 2 heteroatoms. The Morgan fingerprint density at radius 1 is 0.444 bits per heavy atom. The van der Waals surface area contributed by atoms with E-state index in [1.807, 2.05) is 24.3 Å². The van der Waals surface area contributed by atoms with Gasteiger partial charge in [0.05, 0.1) is 0 Å². The minimum atomic E-state index is 0.890. The van der Waals surface area contributed by atoms with Crippen LogP contribution in [0.2, 0.25) is 0 Å². The quantitative estimate of drug-likeness (QED) is 0.535. The van der Waals surface area contributed by atoms with Crippen molar-refractivity contribution in [1.29, 1.82) is 0 Å². The summed E-state index contributed by atoms with van der Waals surface area (Å²) in [5.74, 6) is 0. The Bertz CT molecular complexity index is 1130. The van der Waals surface area contributed by atoms with E-state index < -0.39 is 0 Å². The predicted molar refractivity (Wildman–Crippen MR) is 115 cm³/mol. The first-order valence-electron chi connectivity index (χ1n) is 8.93. The molecule has 0 saturated carbocycles. The lowest BCUT2D eigenvalue weighted by Gasteiger charge is -2.09. The molecule has 4 rings (SSSR count). The van der Waals surface area contributed by atoms with Gasteiger partial charge in [0.2, 0.25) is 0 Å². The van der Waals surface area contributed by atoms with E-state index in [4.69, 9.17) is 0 Å². The third-order valence-electron chi connectivity index (χ3n) is 4.88. The summed E-state index contributed by atoms with van der Waals surface area (Å²) in [6, 6.07) is 25.1. The van der Waals surface area contributed by atoms with E-state index in [1.165, 1.54) is 11.1 Å². The molecule has 0 N–H and O–H groups in total. The van der Waals surface area contributed by atoms with Gasteiger partial charge in [0, 0.05) is 32.8 Å². The summed E-state index contributed by atoms with van der Waals surface area (Å²) >= 11 is 0. The summed E-state index contributed by atoms with van der Waals surface area (Å²) in [6.45, 7) is 16.2. The van der Waals surface area contributed by atoms with Gasteiger partial charge in [-0.25, -0.2) is 0 Å². The topological polar surface area (TPSA) is 9.86 Å². The first kappa shape index (κ1) is 16.9. The lowest BCUT2D eigenvalue weighted by atomic mass is 10.0. The molecule has 0 amide bonds. The molecule has 2 aromatic carbocycles. The molecular formula is C25H22N2. The molecule has 0 saturated heterocycles. The minimum Gasteiger partial charge on any atom is -0.312 e. The highest BCUT2D eigenvalue weighted by Crippen LogP contribution is 2.14. The number of rotatable bonds is 4. The maximum absolute atomic E-state index is 4.06. The number of hydrogen-bond donors (Lipinski definition) is 0. The fraction of sp³-hybridized carbons (Fsp3) is 0.0400. The third kappa shape index (κ3) is 3.18. The molecule has 2 heterocycles. The zero-order valence-electron chi connectivity index (χ0n) is 15.4. The van der Waals surface area contributed by atoms with Crippen molar-refractivity contribution >= 4 is 26.3 Å². The molecule has 2 aromatic heterocycles. The molecule has 2 nitrogen and oxygen atoms in total. The molecule has 0 unspecified atom stereocenters. The van der Waals surface area contributed by atoms with Gasteiger partial charge in [0.25, 0.3) is 0 Å². The van der Waals surface area contributed by atoms with E-state index >= 15 is 0 Å². The highest BCUT2D eigenvalue weighted by Gasteiger charge is 2.02. The molecule has 0 aliphatic heterocycles. The Balaban J connectivity index is 1.56. The number of benzene rings is 2. The fourth-order valence-electron chi connectivity index (χ4n) is 3.48. The Morgan fingerprint density at radius 3 is 1.04 bits per heavy atom. The largest absolute Gasteiger partial charge is 0.312 e. The van der Waals surface area contributed by atoms with E-state index in [0.29, 0.717) is 0 Å². The van der Waals surface area contributed by atoms with Gasteiger partial charge in [0.1, 0.15) is 0 Å². The van der Waals surface area contributed by atoms with Crippen molar-refractivity contribution in [3.63, 3.8) is 0 Å². The van der Waals surface area contributed by atoms with Crippen molar-refractivity contribution in [3.8, 4) is 11.4 Å². The lowest BCUT2D eigenvalue weighted by Crippen LogP contribution is -2.22. The maximum Gasteiger partial charge on any atom is 0.0461 e. The molecule has 0 spiro atoms. The molecule has 27 heavy (non-hydrogen) atoms. The van der Waals surface area contributed by atoms with Gasteiger partial charge < -0.3 is 9.13 Å². The van der Waals surface area contributed by atoms with Crippen LogP contribution in [0.25, 0.3) is 37.7 Å². The first-order valence-corrected chi connectivity index (χ1v) is 8.93. The van der Waals surface area contributed by atoms with Crippen molar-refractivity contribution in [3.05, 3.63) is 105 Å². The minimum absolute atomic E-state index is 0.890. The standard InChI is InChI=1S/C25H22N2/c1-18-5-6-19(2)26(18)24-13-9-22(10-14-24)17-23-11-15-25(16-12-23)27-20(3)7-8-21(27)4/h5-16H,1-4,17H2. The molecule has 0 fully saturated rings. The highest BCUT2D eigenvalue weighted by atomic mass is 15.0. The highest BCUT2D eigenvalue weighted by molar-refractivity contribution is 5.41. The van der Waals surface area contributed by atoms with Crippen molar-refractivity contribution < 1.29 is 0 Å². The second-order valence-corrected chi connectivity index (χ2v) is 6.81. The number of nitrogens with zero attached hydrogens (tertiary/aromatic N) is 2. The van der Waals surface area contributed by atoms with Gasteiger partial charge in [-0.15, -0.1) is 0 Å². The van der Waals surface area contributed by atoms with Crippen molar-refractivity contribution in [2.45, 2.75) is 6.42 Å². The smallest absolute Gasteiger partial charge is 0.0461 e. The van der Waals surface area contributed by atoms with Crippen molar-refractivity contribution in [2.75, 3.05) is 0 Å². The van der Waals surface area contributed by atoms with E-state index in [9.17, 15) is 0 Å². The van der Waals surface area contributed by atoms with Crippen LogP contribution in [0.5, 0.6) is 0 Å². The van der Waals surface area contributed by atoms with Gasteiger partial charge in [-0.2, -0.15) is 0 Å². The van der Waals surface area contributed by atoms with Crippen molar-refractivity contribution in [2.24, 2.45) is 0 Å². The average molecular weight is 350 g/mol. The van der Waals surface area contributed by atoms with E-state index in [1.54, 1.807) is 0 Å². The predicted octanol–water partition coefficient (Wildman–Crippen LogP) is 2.50. The van der Waals surface area contributed by atoms with Crippen LogP contribution in [0.1, 0.15) is 11.1 Å². The fourth-order valence-corrected chi connectivity index (χ4v) is 3.48. The molecule has 0 aliphatic carbocycles. The Labute approximate surface area is 159 Å². The second-order valence-electron chi connectivity index (χ2n) is 6.81. The van der Waals surface area contributed by atoms with Gasteiger partial charge >= 0.3 is 0 Å².